The number of hydrogen-bond donors (Lipinski definition) is 1. The minimum atomic E-state index is -4.03. The molecule has 0 saturated carbocycles. The van der Waals surface area contributed by atoms with Crippen LogP contribution in [0.2, 0.25) is 5.02 Å². The summed E-state index contributed by atoms with van der Waals surface area (Å²) in [5.41, 5.74) is 1.21. The summed E-state index contributed by atoms with van der Waals surface area (Å²) in [6.45, 7) is 4.68. The van der Waals surface area contributed by atoms with Gasteiger partial charge in [0, 0.05) is 11.6 Å². The van der Waals surface area contributed by atoms with Gasteiger partial charge in [-0.25, -0.2) is 8.42 Å². The SMILES string of the molecule is CCOc1ccc(CNC(=O)CN(c2ccc(OCC)cc2)S(=O)(=O)c2ccc(Cl)cc2)cc1. The Balaban J connectivity index is 1.80. The van der Waals surface area contributed by atoms with E-state index in [9.17, 15) is 13.2 Å². The Morgan fingerprint density at radius 3 is 1.91 bits per heavy atom. The molecule has 3 aromatic rings. The van der Waals surface area contributed by atoms with E-state index in [1.54, 1.807) is 24.3 Å². The summed E-state index contributed by atoms with van der Waals surface area (Å²) < 4.78 is 38.8. The molecule has 0 saturated heterocycles. The molecule has 1 N–H and O–H groups in total. The first-order chi connectivity index (χ1) is 16.3. The predicted octanol–water partition coefficient (Wildman–Crippen LogP) is 4.65. The Kier molecular flexibility index (Phi) is 8.79. The highest BCUT2D eigenvalue weighted by molar-refractivity contribution is 7.92. The lowest BCUT2D eigenvalue weighted by atomic mass is 10.2. The molecule has 34 heavy (non-hydrogen) atoms. The van der Waals surface area contributed by atoms with Gasteiger partial charge in [0.1, 0.15) is 18.0 Å². The van der Waals surface area contributed by atoms with E-state index < -0.39 is 22.5 Å². The second-order valence-electron chi connectivity index (χ2n) is 7.25. The molecule has 0 unspecified atom stereocenters. The molecule has 0 aliphatic heterocycles. The number of nitrogens with zero attached hydrogens (tertiary/aromatic N) is 1. The van der Waals surface area contributed by atoms with Crippen LogP contribution in [0.5, 0.6) is 11.5 Å². The fourth-order valence-corrected chi connectivity index (χ4v) is 4.73. The first-order valence-corrected chi connectivity index (χ1v) is 12.6. The van der Waals surface area contributed by atoms with Crippen LogP contribution in [0, 0.1) is 0 Å². The summed E-state index contributed by atoms with van der Waals surface area (Å²) in [6, 6.07) is 19.7. The molecule has 3 aromatic carbocycles. The third kappa shape index (κ3) is 6.65. The van der Waals surface area contributed by atoms with Gasteiger partial charge in [-0.1, -0.05) is 23.7 Å². The van der Waals surface area contributed by atoms with E-state index in [1.807, 2.05) is 38.1 Å². The minimum Gasteiger partial charge on any atom is -0.494 e. The molecule has 9 heteroatoms. The molecule has 0 bridgehead atoms. The van der Waals surface area contributed by atoms with Crippen molar-refractivity contribution in [1.29, 1.82) is 0 Å². The van der Waals surface area contributed by atoms with Gasteiger partial charge in [-0.05, 0) is 80.1 Å². The maximum Gasteiger partial charge on any atom is 0.264 e. The normalized spacial score (nSPS) is 11.0. The van der Waals surface area contributed by atoms with Crippen LogP contribution in [-0.2, 0) is 21.4 Å². The average molecular weight is 503 g/mol. The van der Waals surface area contributed by atoms with Crippen LogP contribution in [0.4, 0.5) is 5.69 Å². The number of benzene rings is 3. The van der Waals surface area contributed by atoms with Crippen LogP contribution in [0.3, 0.4) is 0 Å². The van der Waals surface area contributed by atoms with Gasteiger partial charge in [-0.15, -0.1) is 0 Å². The van der Waals surface area contributed by atoms with Gasteiger partial charge in [-0.2, -0.15) is 0 Å². The molecule has 1 amide bonds. The highest BCUT2D eigenvalue weighted by atomic mass is 35.5. The number of hydrogen-bond acceptors (Lipinski definition) is 5. The predicted molar refractivity (Wildman–Crippen MR) is 133 cm³/mol. The van der Waals surface area contributed by atoms with Crippen LogP contribution < -0.4 is 19.1 Å². The first-order valence-electron chi connectivity index (χ1n) is 10.8. The zero-order valence-electron chi connectivity index (χ0n) is 19.0. The summed E-state index contributed by atoms with van der Waals surface area (Å²) >= 11 is 5.92. The molecular formula is C25H27ClN2O5S. The maximum atomic E-state index is 13.4. The number of halogens is 1. The Morgan fingerprint density at radius 1 is 0.853 bits per heavy atom. The summed E-state index contributed by atoms with van der Waals surface area (Å²) in [7, 11) is -4.03. The molecule has 180 valence electrons. The third-order valence-corrected chi connectivity index (χ3v) is 6.89. The van der Waals surface area contributed by atoms with E-state index in [2.05, 4.69) is 5.32 Å². The number of amides is 1. The van der Waals surface area contributed by atoms with E-state index in [0.717, 1.165) is 15.6 Å². The van der Waals surface area contributed by atoms with Crippen LogP contribution >= 0.6 is 11.6 Å². The van der Waals surface area contributed by atoms with E-state index in [-0.39, 0.29) is 11.4 Å². The molecule has 0 radical (unpaired) electrons. The van der Waals surface area contributed by atoms with Crippen molar-refractivity contribution < 1.29 is 22.7 Å². The molecule has 7 nitrogen and oxygen atoms in total. The van der Waals surface area contributed by atoms with Gasteiger partial charge in [0.05, 0.1) is 23.8 Å². The molecule has 3 rings (SSSR count). The van der Waals surface area contributed by atoms with Crippen molar-refractivity contribution in [2.24, 2.45) is 0 Å². The molecule has 0 spiro atoms. The maximum absolute atomic E-state index is 13.4. The molecule has 0 fully saturated rings. The number of ether oxygens (including phenoxy) is 2. The Morgan fingerprint density at radius 2 is 1.38 bits per heavy atom. The highest BCUT2D eigenvalue weighted by Crippen LogP contribution is 2.26. The molecule has 0 aliphatic rings. The van der Waals surface area contributed by atoms with Crippen molar-refractivity contribution >= 4 is 33.2 Å². The number of carbonyl (C=O) groups excluding carboxylic acids is 1. The van der Waals surface area contributed by atoms with Gasteiger partial charge < -0.3 is 14.8 Å². The second-order valence-corrected chi connectivity index (χ2v) is 9.54. The van der Waals surface area contributed by atoms with E-state index in [1.165, 1.54) is 24.3 Å². The number of nitrogens with one attached hydrogen (secondary N) is 1. The summed E-state index contributed by atoms with van der Waals surface area (Å²) in [5.74, 6) is 0.906. The number of rotatable bonds is 11. The lowest BCUT2D eigenvalue weighted by molar-refractivity contribution is -0.119. The van der Waals surface area contributed by atoms with E-state index in [0.29, 0.717) is 29.7 Å². The highest BCUT2D eigenvalue weighted by Gasteiger charge is 2.27. The van der Waals surface area contributed by atoms with Gasteiger partial charge in [-0.3, -0.25) is 9.10 Å². The van der Waals surface area contributed by atoms with Gasteiger partial charge in [0.15, 0.2) is 0 Å². The fourth-order valence-electron chi connectivity index (χ4n) is 3.18. The first kappa shape index (κ1) is 25.4. The minimum absolute atomic E-state index is 0.0325. The summed E-state index contributed by atoms with van der Waals surface area (Å²) in [4.78, 5) is 12.8. The zero-order chi connectivity index (χ0) is 24.6. The molecular weight excluding hydrogens is 476 g/mol. The standard InChI is InChI=1S/C25H27ClN2O5S/c1-3-32-22-11-5-19(6-12-22)17-27-25(29)18-28(21-9-13-23(14-10-21)33-4-2)34(30,31)24-15-7-20(26)8-16-24/h5-16H,3-4,17-18H2,1-2H3,(H,27,29). The van der Waals surface area contributed by atoms with E-state index in [4.69, 9.17) is 21.1 Å². The van der Waals surface area contributed by atoms with Crippen molar-refractivity contribution in [3.8, 4) is 11.5 Å². The summed E-state index contributed by atoms with van der Waals surface area (Å²) in [6.07, 6.45) is 0. The van der Waals surface area contributed by atoms with Gasteiger partial charge >= 0.3 is 0 Å². The monoisotopic (exact) mass is 502 g/mol. The molecule has 0 atom stereocenters. The van der Waals surface area contributed by atoms with Crippen LogP contribution in [0.15, 0.2) is 77.7 Å². The fraction of sp³-hybridized carbons (Fsp3) is 0.240. The van der Waals surface area contributed by atoms with Crippen LogP contribution in [0.25, 0.3) is 0 Å². The smallest absolute Gasteiger partial charge is 0.264 e. The lowest BCUT2D eigenvalue weighted by Crippen LogP contribution is -2.40. The third-order valence-electron chi connectivity index (χ3n) is 4.85. The Labute approximate surface area is 205 Å². The Hall–Kier alpha value is -3.23. The number of sulfonamides is 1. The molecule has 0 heterocycles. The zero-order valence-corrected chi connectivity index (χ0v) is 20.6. The van der Waals surface area contributed by atoms with Gasteiger partial charge in [0.2, 0.25) is 5.91 Å². The topological polar surface area (TPSA) is 84.9 Å². The largest absolute Gasteiger partial charge is 0.494 e. The van der Waals surface area contributed by atoms with Crippen LogP contribution in [0.1, 0.15) is 19.4 Å². The van der Waals surface area contributed by atoms with Crippen LogP contribution in [-0.4, -0.2) is 34.1 Å². The lowest BCUT2D eigenvalue weighted by Gasteiger charge is -2.24. The average Bonchev–Trinajstić information content (AvgIpc) is 2.83. The van der Waals surface area contributed by atoms with Crippen molar-refractivity contribution in [2.45, 2.75) is 25.3 Å². The van der Waals surface area contributed by atoms with Gasteiger partial charge in [0.25, 0.3) is 10.0 Å². The number of carbonyl (C=O) groups is 1. The quantitative estimate of drug-likeness (QED) is 0.412. The summed E-state index contributed by atoms with van der Waals surface area (Å²) in [5, 5.41) is 3.20. The second kappa shape index (κ2) is 11.8. The Bertz CT molecular complexity index is 1180. The van der Waals surface area contributed by atoms with E-state index >= 15 is 0 Å². The van der Waals surface area contributed by atoms with Crippen molar-refractivity contribution in [3.63, 3.8) is 0 Å². The van der Waals surface area contributed by atoms with Crippen molar-refractivity contribution in [2.75, 3.05) is 24.1 Å². The van der Waals surface area contributed by atoms with Crippen molar-refractivity contribution in [3.05, 3.63) is 83.4 Å². The number of anilines is 1. The molecule has 0 aliphatic carbocycles. The molecule has 0 aromatic heterocycles. The van der Waals surface area contributed by atoms with Crippen molar-refractivity contribution in [1.82, 2.24) is 5.32 Å².